The topological polar surface area (TPSA) is 113 Å². The molecule has 39 heavy (non-hydrogen) atoms. The number of hydrogen-bond acceptors (Lipinski definition) is 7. The minimum Gasteiger partial charge on any atom is -0.378 e. The van der Waals surface area contributed by atoms with Gasteiger partial charge in [0, 0.05) is 29.6 Å². The summed E-state index contributed by atoms with van der Waals surface area (Å²) in [5, 5.41) is 7.96. The number of aryl methyl sites for hydroxylation is 1. The highest BCUT2D eigenvalue weighted by Gasteiger charge is 2.33. The van der Waals surface area contributed by atoms with Gasteiger partial charge in [0.05, 0.1) is 52.1 Å². The van der Waals surface area contributed by atoms with Crippen molar-refractivity contribution in [2.45, 2.75) is 17.6 Å². The molecular formula is C26H25F3N6O3S. The average molecular weight is 559 g/mol. The molecule has 13 heteroatoms. The number of benzene rings is 2. The first-order valence-corrected chi connectivity index (χ1v) is 13.8. The molecule has 2 N–H and O–H groups in total. The molecule has 0 saturated carbocycles. The van der Waals surface area contributed by atoms with Crippen LogP contribution in [-0.4, -0.2) is 56.9 Å². The lowest BCUT2D eigenvalue weighted by Crippen LogP contribution is -2.36. The molecular weight excluding hydrogens is 533 g/mol. The number of carbonyl (C=O) groups is 1. The minimum absolute atomic E-state index is 0.0616. The molecule has 2 aromatic heterocycles. The van der Waals surface area contributed by atoms with Crippen molar-refractivity contribution in [3.8, 4) is 0 Å². The SMILES string of the molecule is N=S(=O)(CCn1cc2cc(NC(=O)c3cccc(C(F)(F)F)n3)c(N3CCOCC3)cc2n1)c1ccccc1. The zero-order chi connectivity index (χ0) is 27.6. The molecule has 5 rings (SSSR count). The third kappa shape index (κ3) is 6.04. The number of aromatic nitrogens is 3. The van der Waals surface area contributed by atoms with Crippen molar-refractivity contribution < 1.29 is 26.9 Å². The first-order chi connectivity index (χ1) is 18.6. The highest BCUT2D eigenvalue weighted by molar-refractivity contribution is 7.92. The number of rotatable bonds is 7. The van der Waals surface area contributed by atoms with Gasteiger partial charge >= 0.3 is 6.18 Å². The van der Waals surface area contributed by atoms with Gasteiger partial charge in [-0.2, -0.15) is 18.3 Å². The predicted molar refractivity (Wildman–Crippen MR) is 140 cm³/mol. The summed E-state index contributed by atoms with van der Waals surface area (Å²) in [6, 6.07) is 15.3. The maximum Gasteiger partial charge on any atom is 0.433 e. The number of carbonyl (C=O) groups excluding carboxylic acids is 1. The molecule has 1 aliphatic heterocycles. The number of morpholine rings is 1. The minimum atomic E-state index is -4.67. The van der Waals surface area contributed by atoms with Crippen molar-refractivity contribution in [1.29, 1.82) is 4.78 Å². The number of nitrogens with zero attached hydrogens (tertiary/aromatic N) is 4. The molecule has 1 unspecified atom stereocenters. The van der Waals surface area contributed by atoms with Crippen LogP contribution >= 0.6 is 0 Å². The second-order valence-corrected chi connectivity index (χ2v) is 11.2. The largest absolute Gasteiger partial charge is 0.433 e. The van der Waals surface area contributed by atoms with Crippen LogP contribution in [0.1, 0.15) is 16.2 Å². The molecule has 1 aliphatic rings. The molecule has 1 amide bonds. The van der Waals surface area contributed by atoms with E-state index in [-0.39, 0.29) is 18.0 Å². The van der Waals surface area contributed by atoms with Gasteiger partial charge in [0.25, 0.3) is 5.91 Å². The number of pyridine rings is 1. The third-order valence-corrected chi connectivity index (χ3v) is 8.06. The summed E-state index contributed by atoms with van der Waals surface area (Å²) in [7, 11) is -3.02. The van der Waals surface area contributed by atoms with E-state index in [0.29, 0.717) is 53.5 Å². The van der Waals surface area contributed by atoms with Gasteiger partial charge in [0.15, 0.2) is 0 Å². The smallest absolute Gasteiger partial charge is 0.378 e. The van der Waals surface area contributed by atoms with Crippen molar-refractivity contribution in [3.63, 3.8) is 0 Å². The fourth-order valence-corrected chi connectivity index (χ4v) is 5.55. The summed E-state index contributed by atoms with van der Waals surface area (Å²) in [4.78, 5) is 18.9. The summed E-state index contributed by atoms with van der Waals surface area (Å²) >= 11 is 0. The lowest BCUT2D eigenvalue weighted by atomic mass is 10.1. The number of anilines is 2. The summed E-state index contributed by atoms with van der Waals surface area (Å²) < 4.78 is 67.6. The second-order valence-electron chi connectivity index (χ2n) is 8.97. The third-order valence-electron chi connectivity index (χ3n) is 6.27. The van der Waals surface area contributed by atoms with Crippen LogP contribution in [0.2, 0.25) is 0 Å². The Morgan fingerprint density at radius 1 is 1.08 bits per heavy atom. The maximum atomic E-state index is 13.1. The van der Waals surface area contributed by atoms with Gasteiger partial charge in [0.1, 0.15) is 11.4 Å². The van der Waals surface area contributed by atoms with Gasteiger partial charge in [0.2, 0.25) is 0 Å². The summed E-state index contributed by atoms with van der Waals surface area (Å²) in [5.41, 5.74) is 0.135. The van der Waals surface area contributed by atoms with E-state index in [1.54, 1.807) is 53.3 Å². The molecule has 0 spiro atoms. The van der Waals surface area contributed by atoms with Crippen LogP contribution in [0.3, 0.4) is 0 Å². The number of amides is 1. The van der Waals surface area contributed by atoms with Crippen molar-refractivity contribution in [2.75, 3.05) is 42.3 Å². The van der Waals surface area contributed by atoms with Gasteiger partial charge in [-0.3, -0.25) is 9.48 Å². The summed E-state index contributed by atoms with van der Waals surface area (Å²) in [5.74, 6) is -0.717. The average Bonchev–Trinajstić information content (AvgIpc) is 3.34. The molecule has 3 heterocycles. The number of ether oxygens (including phenoxy) is 1. The zero-order valence-electron chi connectivity index (χ0n) is 20.6. The Morgan fingerprint density at radius 3 is 2.54 bits per heavy atom. The van der Waals surface area contributed by atoms with E-state index < -0.39 is 27.5 Å². The van der Waals surface area contributed by atoms with Gasteiger partial charge in [-0.15, -0.1) is 0 Å². The highest BCUT2D eigenvalue weighted by Crippen LogP contribution is 2.33. The Morgan fingerprint density at radius 2 is 1.82 bits per heavy atom. The number of hydrogen-bond donors (Lipinski definition) is 2. The molecule has 2 aromatic carbocycles. The van der Waals surface area contributed by atoms with Crippen LogP contribution < -0.4 is 10.2 Å². The van der Waals surface area contributed by atoms with E-state index in [2.05, 4.69) is 15.4 Å². The van der Waals surface area contributed by atoms with Crippen LogP contribution in [0, 0.1) is 4.78 Å². The summed E-state index contributed by atoms with van der Waals surface area (Å²) in [6.07, 6.45) is -2.96. The van der Waals surface area contributed by atoms with Gasteiger partial charge < -0.3 is 15.0 Å². The van der Waals surface area contributed by atoms with Gasteiger partial charge in [-0.05, 0) is 36.4 Å². The first kappa shape index (κ1) is 26.6. The molecule has 0 aliphatic carbocycles. The van der Waals surface area contributed by atoms with E-state index in [1.807, 2.05) is 4.90 Å². The fraction of sp³-hybridized carbons (Fsp3) is 0.269. The van der Waals surface area contributed by atoms with Crippen molar-refractivity contribution in [3.05, 3.63) is 78.2 Å². The van der Waals surface area contributed by atoms with Crippen LogP contribution in [-0.2, 0) is 27.2 Å². The Hall–Kier alpha value is -3.97. The maximum absolute atomic E-state index is 13.1. The normalized spacial score (nSPS) is 15.7. The van der Waals surface area contributed by atoms with E-state index in [1.165, 1.54) is 6.07 Å². The lowest BCUT2D eigenvalue weighted by molar-refractivity contribution is -0.141. The summed E-state index contributed by atoms with van der Waals surface area (Å²) in [6.45, 7) is 2.29. The number of nitrogens with one attached hydrogen (secondary N) is 2. The Balaban J connectivity index is 1.44. The van der Waals surface area contributed by atoms with E-state index in [4.69, 9.17) is 9.52 Å². The van der Waals surface area contributed by atoms with E-state index in [0.717, 1.165) is 12.1 Å². The van der Waals surface area contributed by atoms with Crippen LogP contribution in [0.4, 0.5) is 24.5 Å². The number of halogens is 3. The lowest BCUT2D eigenvalue weighted by Gasteiger charge is -2.30. The monoisotopic (exact) mass is 558 g/mol. The van der Waals surface area contributed by atoms with Crippen LogP contribution in [0.15, 0.2) is 71.8 Å². The highest BCUT2D eigenvalue weighted by atomic mass is 32.2. The first-order valence-electron chi connectivity index (χ1n) is 12.1. The standard InChI is InChI=1S/C26H25F3N6O3S/c27-26(28,29)24-8-4-7-20(31-24)25(36)32-22-15-18-17-35(11-14-39(30,37)19-5-2-1-3-6-19)33-21(18)16-23(22)34-9-12-38-13-10-34/h1-8,15-17,30H,9-14H2,(H,32,36). The molecule has 1 atom stereocenters. The van der Waals surface area contributed by atoms with E-state index in [9.17, 15) is 22.2 Å². The number of fused-ring (bicyclic) bond motifs is 1. The van der Waals surface area contributed by atoms with E-state index >= 15 is 0 Å². The molecule has 0 radical (unpaired) electrons. The zero-order valence-corrected chi connectivity index (χ0v) is 21.5. The van der Waals surface area contributed by atoms with Crippen LogP contribution in [0.25, 0.3) is 10.9 Å². The second kappa shape index (κ2) is 10.7. The van der Waals surface area contributed by atoms with Gasteiger partial charge in [-0.1, -0.05) is 24.3 Å². The van der Waals surface area contributed by atoms with Crippen LogP contribution in [0.5, 0.6) is 0 Å². The quantitative estimate of drug-likeness (QED) is 0.342. The molecule has 1 saturated heterocycles. The van der Waals surface area contributed by atoms with Crippen molar-refractivity contribution in [1.82, 2.24) is 14.8 Å². The Kier molecular flexibility index (Phi) is 7.28. The molecule has 4 aromatic rings. The van der Waals surface area contributed by atoms with Crippen molar-refractivity contribution >= 4 is 37.9 Å². The predicted octanol–water partition coefficient (Wildman–Crippen LogP) is 4.64. The molecule has 1 fully saturated rings. The Labute approximate surface area is 222 Å². The molecule has 0 bridgehead atoms. The fourth-order valence-electron chi connectivity index (χ4n) is 4.28. The van der Waals surface area contributed by atoms with Crippen molar-refractivity contribution in [2.24, 2.45) is 0 Å². The number of alkyl halides is 3. The molecule has 204 valence electrons. The van der Waals surface area contributed by atoms with Gasteiger partial charge in [-0.25, -0.2) is 14.0 Å². The molecule has 9 nitrogen and oxygen atoms in total. The Bertz CT molecular complexity index is 1600.